The van der Waals surface area contributed by atoms with Gasteiger partial charge < -0.3 is 16.2 Å². The normalized spacial score (nSPS) is 19.0. The molecule has 0 bridgehead atoms. The van der Waals surface area contributed by atoms with E-state index >= 15 is 0 Å². The van der Waals surface area contributed by atoms with Crippen molar-refractivity contribution in [1.82, 2.24) is 4.98 Å². The van der Waals surface area contributed by atoms with Crippen LogP contribution in [0.4, 0.5) is 5.82 Å². The van der Waals surface area contributed by atoms with E-state index in [-0.39, 0.29) is 0 Å². The number of aliphatic hydroxyl groups is 1. The molecular formula is C16H25N3O2. The lowest BCUT2D eigenvalue weighted by molar-refractivity contribution is -0.125. The van der Waals surface area contributed by atoms with Crippen molar-refractivity contribution < 1.29 is 9.90 Å². The molecule has 0 spiro atoms. The molecule has 21 heavy (non-hydrogen) atoms. The minimum atomic E-state index is -1.19. The van der Waals surface area contributed by atoms with Gasteiger partial charge in [0.25, 0.3) is 5.91 Å². The summed E-state index contributed by atoms with van der Waals surface area (Å²) in [6, 6.07) is 4.84. The van der Waals surface area contributed by atoms with E-state index in [0.717, 1.165) is 18.5 Å². The van der Waals surface area contributed by atoms with Gasteiger partial charge in [-0.2, -0.15) is 0 Å². The van der Waals surface area contributed by atoms with Crippen LogP contribution in [0.2, 0.25) is 0 Å². The summed E-state index contributed by atoms with van der Waals surface area (Å²) in [5.41, 5.74) is 6.81. The van der Waals surface area contributed by atoms with Gasteiger partial charge in [0.15, 0.2) is 0 Å². The number of rotatable bonds is 5. The summed E-state index contributed by atoms with van der Waals surface area (Å²) in [5.74, 6) is 0.508. The molecule has 1 aliphatic rings. The van der Waals surface area contributed by atoms with E-state index in [9.17, 15) is 9.90 Å². The van der Waals surface area contributed by atoms with Crippen LogP contribution in [0.25, 0.3) is 0 Å². The standard InChI is InChI=1S/C16H25N3O2/c1-11-6-5-9-14(18-11)19-16(21)15(20)13(17)10-12-7-3-2-4-8-12/h5-6,9,12-13,15,20H,2-4,7-8,10,17H2,1H3,(H,18,19,21)/t13-,15?/m1/s1. The third-order valence-corrected chi connectivity index (χ3v) is 4.14. The summed E-state index contributed by atoms with van der Waals surface area (Å²) in [4.78, 5) is 16.2. The fraction of sp³-hybridized carbons (Fsp3) is 0.625. The van der Waals surface area contributed by atoms with Gasteiger partial charge in [0.1, 0.15) is 11.9 Å². The molecular weight excluding hydrogens is 266 g/mol. The van der Waals surface area contributed by atoms with Crippen LogP contribution in [0.1, 0.15) is 44.2 Å². The molecule has 1 aromatic rings. The number of nitrogens with zero attached hydrogens (tertiary/aromatic N) is 1. The number of carbonyl (C=O) groups excluding carboxylic acids is 1. The van der Waals surface area contributed by atoms with Crippen LogP contribution in [-0.2, 0) is 4.79 Å². The van der Waals surface area contributed by atoms with Gasteiger partial charge >= 0.3 is 0 Å². The fourth-order valence-electron chi connectivity index (χ4n) is 2.94. The Balaban J connectivity index is 1.85. The molecule has 0 aliphatic heterocycles. The van der Waals surface area contributed by atoms with Crippen molar-refractivity contribution in [3.8, 4) is 0 Å². The summed E-state index contributed by atoms with van der Waals surface area (Å²) < 4.78 is 0. The van der Waals surface area contributed by atoms with E-state index in [4.69, 9.17) is 5.73 Å². The highest BCUT2D eigenvalue weighted by Crippen LogP contribution is 2.27. The van der Waals surface area contributed by atoms with Crippen LogP contribution in [0.5, 0.6) is 0 Å². The number of aryl methyl sites for hydroxylation is 1. The topological polar surface area (TPSA) is 88.2 Å². The first-order chi connectivity index (χ1) is 10.1. The molecule has 5 nitrogen and oxygen atoms in total. The van der Waals surface area contributed by atoms with Crippen LogP contribution < -0.4 is 11.1 Å². The average Bonchev–Trinajstić information content (AvgIpc) is 2.47. The molecule has 1 fully saturated rings. The van der Waals surface area contributed by atoms with Crippen LogP contribution in [-0.4, -0.2) is 28.1 Å². The summed E-state index contributed by atoms with van der Waals surface area (Å²) in [6.45, 7) is 1.85. The van der Waals surface area contributed by atoms with E-state index in [1.807, 2.05) is 19.1 Å². The third-order valence-electron chi connectivity index (χ3n) is 4.14. The Morgan fingerprint density at radius 3 is 2.81 bits per heavy atom. The highest BCUT2D eigenvalue weighted by Gasteiger charge is 2.26. The number of hydrogen-bond acceptors (Lipinski definition) is 4. The monoisotopic (exact) mass is 291 g/mol. The second-order valence-electron chi connectivity index (χ2n) is 6.00. The zero-order valence-electron chi connectivity index (χ0n) is 12.6. The maximum Gasteiger partial charge on any atom is 0.255 e. The van der Waals surface area contributed by atoms with Gasteiger partial charge in [0, 0.05) is 11.7 Å². The lowest BCUT2D eigenvalue weighted by Crippen LogP contribution is -2.44. The van der Waals surface area contributed by atoms with Crippen LogP contribution in [0.3, 0.4) is 0 Å². The lowest BCUT2D eigenvalue weighted by Gasteiger charge is -2.26. The first-order valence-corrected chi connectivity index (χ1v) is 7.74. The molecule has 0 saturated heterocycles. The molecule has 1 unspecified atom stereocenters. The second-order valence-corrected chi connectivity index (χ2v) is 6.00. The summed E-state index contributed by atoms with van der Waals surface area (Å²) in [5, 5.41) is 12.7. The van der Waals surface area contributed by atoms with E-state index in [2.05, 4.69) is 10.3 Å². The third kappa shape index (κ3) is 4.79. The smallest absolute Gasteiger partial charge is 0.255 e. The number of hydrogen-bond donors (Lipinski definition) is 3. The minimum Gasteiger partial charge on any atom is -0.382 e. The Kier molecular flexibility index (Phi) is 5.70. The van der Waals surface area contributed by atoms with Crippen molar-refractivity contribution >= 4 is 11.7 Å². The van der Waals surface area contributed by atoms with E-state index in [1.165, 1.54) is 19.3 Å². The van der Waals surface area contributed by atoms with Gasteiger partial charge in [-0.25, -0.2) is 4.98 Å². The molecule has 1 heterocycles. The Hall–Kier alpha value is -1.46. The molecule has 0 aromatic carbocycles. The number of amides is 1. The maximum absolute atomic E-state index is 12.0. The van der Waals surface area contributed by atoms with Crippen molar-refractivity contribution in [1.29, 1.82) is 0 Å². The number of pyridine rings is 1. The van der Waals surface area contributed by atoms with Gasteiger partial charge in [-0.05, 0) is 31.4 Å². The molecule has 1 aliphatic carbocycles. The number of aromatic nitrogens is 1. The number of aliphatic hydroxyl groups excluding tert-OH is 1. The van der Waals surface area contributed by atoms with Crippen molar-refractivity contribution in [2.24, 2.45) is 11.7 Å². The first-order valence-electron chi connectivity index (χ1n) is 7.74. The average molecular weight is 291 g/mol. The zero-order valence-corrected chi connectivity index (χ0v) is 12.6. The Bertz CT molecular complexity index is 472. The summed E-state index contributed by atoms with van der Waals surface area (Å²) in [7, 11) is 0. The summed E-state index contributed by atoms with van der Waals surface area (Å²) >= 11 is 0. The number of nitrogens with two attached hydrogens (primary N) is 1. The molecule has 4 N–H and O–H groups in total. The number of nitrogens with one attached hydrogen (secondary N) is 1. The van der Waals surface area contributed by atoms with Gasteiger partial charge in [0.05, 0.1) is 0 Å². The highest BCUT2D eigenvalue weighted by atomic mass is 16.3. The largest absolute Gasteiger partial charge is 0.382 e. The van der Waals surface area contributed by atoms with Gasteiger partial charge in [-0.3, -0.25) is 4.79 Å². The number of carbonyl (C=O) groups is 1. The quantitative estimate of drug-likeness (QED) is 0.774. The van der Waals surface area contributed by atoms with Gasteiger partial charge in [-0.1, -0.05) is 38.2 Å². The fourth-order valence-corrected chi connectivity index (χ4v) is 2.94. The molecule has 5 heteroatoms. The summed E-state index contributed by atoms with van der Waals surface area (Å²) in [6.07, 6.45) is 5.57. The molecule has 1 saturated carbocycles. The molecule has 1 aromatic heterocycles. The van der Waals surface area contributed by atoms with E-state index < -0.39 is 18.1 Å². The predicted octanol–water partition coefficient (Wildman–Crippen LogP) is 1.99. The maximum atomic E-state index is 12.0. The molecule has 2 atom stereocenters. The minimum absolute atomic E-state index is 0.448. The molecule has 1 amide bonds. The Morgan fingerprint density at radius 2 is 2.14 bits per heavy atom. The zero-order chi connectivity index (χ0) is 15.2. The van der Waals surface area contributed by atoms with Crippen LogP contribution in [0, 0.1) is 12.8 Å². The van der Waals surface area contributed by atoms with Gasteiger partial charge in [0.2, 0.25) is 0 Å². The Morgan fingerprint density at radius 1 is 1.43 bits per heavy atom. The Labute approximate surface area is 126 Å². The highest BCUT2D eigenvalue weighted by molar-refractivity contribution is 5.93. The van der Waals surface area contributed by atoms with E-state index in [1.54, 1.807) is 6.07 Å². The first kappa shape index (κ1) is 15.9. The van der Waals surface area contributed by atoms with Crippen molar-refractivity contribution in [2.45, 2.75) is 57.6 Å². The van der Waals surface area contributed by atoms with Gasteiger partial charge in [-0.15, -0.1) is 0 Å². The molecule has 116 valence electrons. The van der Waals surface area contributed by atoms with Crippen molar-refractivity contribution in [3.05, 3.63) is 23.9 Å². The number of anilines is 1. The molecule has 2 rings (SSSR count). The SMILES string of the molecule is Cc1cccc(NC(=O)C(O)[C@H](N)CC2CCCCC2)n1. The predicted molar refractivity (Wildman–Crippen MR) is 82.8 cm³/mol. The second kappa shape index (κ2) is 7.52. The van der Waals surface area contributed by atoms with Crippen molar-refractivity contribution in [3.63, 3.8) is 0 Å². The van der Waals surface area contributed by atoms with Crippen LogP contribution in [0.15, 0.2) is 18.2 Å². The lowest BCUT2D eigenvalue weighted by atomic mass is 9.84. The van der Waals surface area contributed by atoms with E-state index in [0.29, 0.717) is 18.2 Å². The van der Waals surface area contributed by atoms with Crippen molar-refractivity contribution in [2.75, 3.05) is 5.32 Å². The van der Waals surface area contributed by atoms with Crippen LogP contribution >= 0.6 is 0 Å². The molecule has 0 radical (unpaired) electrons.